The molecule has 0 N–H and O–H groups in total. The van der Waals surface area contributed by atoms with Gasteiger partial charge in [0.15, 0.2) is 0 Å². The van der Waals surface area contributed by atoms with Gasteiger partial charge in [0.1, 0.15) is 0 Å². The first-order valence-electron chi connectivity index (χ1n) is 11.7. The zero-order chi connectivity index (χ0) is 22.5. The van der Waals surface area contributed by atoms with E-state index < -0.39 is 0 Å². The molecule has 0 radical (unpaired) electrons. The molecule has 1 aliphatic carbocycles. The van der Waals surface area contributed by atoms with E-state index in [1.54, 1.807) is 12.1 Å². The zero-order valence-electron chi connectivity index (χ0n) is 18.5. The Balaban J connectivity index is 1.48. The maximum Gasteiger partial charge on any atom is 0.261 e. The van der Waals surface area contributed by atoms with Gasteiger partial charge in [0.05, 0.1) is 17.4 Å². The Labute approximate surface area is 192 Å². The van der Waals surface area contributed by atoms with Crippen LogP contribution in [0.25, 0.3) is 32.9 Å². The van der Waals surface area contributed by atoms with E-state index in [4.69, 9.17) is 4.98 Å². The maximum absolute atomic E-state index is 13.0. The summed E-state index contributed by atoms with van der Waals surface area (Å²) in [6.45, 7) is 3.89. The number of fused-ring (bicyclic) bond motifs is 1. The summed E-state index contributed by atoms with van der Waals surface area (Å²) in [4.78, 5) is 32.0. The van der Waals surface area contributed by atoms with Crippen LogP contribution >= 0.6 is 0 Å². The Bertz CT molecular complexity index is 1420. The van der Waals surface area contributed by atoms with Gasteiger partial charge in [-0.3, -0.25) is 14.5 Å². The largest absolute Gasteiger partial charge is 0.327 e. The van der Waals surface area contributed by atoms with Crippen LogP contribution in [0.4, 0.5) is 0 Å². The van der Waals surface area contributed by atoms with Gasteiger partial charge < -0.3 is 4.57 Å². The van der Waals surface area contributed by atoms with Crippen LogP contribution in [0.15, 0.2) is 67.5 Å². The molecule has 0 atom stereocenters. The van der Waals surface area contributed by atoms with Crippen molar-refractivity contribution in [2.24, 2.45) is 0 Å². The van der Waals surface area contributed by atoms with Crippen molar-refractivity contribution in [2.45, 2.75) is 38.1 Å². The average Bonchev–Trinajstić information content (AvgIpc) is 3.28. The second-order valence-corrected chi connectivity index (χ2v) is 9.05. The summed E-state index contributed by atoms with van der Waals surface area (Å²) in [5, 5.41) is 1.65. The fourth-order valence-corrected chi connectivity index (χ4v) is 5.54. The molecule has 1 fully saturated rings. The Morgan fingerprint density at radius 2 is 1.70 bits per heavy atom. The lowest BCUT2D eigenvalue weighted by molar-refractivity contribution is 0.0629. The summed E-state index contributed by atoms with van der Waals surface area (Å²) in [6, 6.07) is 16.5. The van der Waals surface area contributed by atoms with Crippen LogP contribution in [0.3, 0.4) is 0 Å². The summed E-state index contributed by atoms with van der Waals surface area (Å²) in [5.41, 5.74) is 5.31. The fourth-order valence-electron chi connectivity index (χ4n) is 5.54. The molecule has 2 amide bonds. The quantitative estimate of drug-likeness (QED) is 0.286. The monoisotopic (exact) mass is 435 g/mol. The highest BCUT2D eigenvalue weighted by atomic mass is 16.2. The Hall–Kier alpha value is -3.73. The van der Waals surface area contributed by atoms with Crippen molar-refractivity contribution < 1.29 is 9.59 Å². The van der Waals surface area contributed by atoms with E-state index in [0.717, 1.165) is 27.4 Å². The number of carbonyl (C=O) groups excluding carboxylic acids is 2. The molecule has 5 heteroatoms. The number of carbonyl (C=O) groups is 2. The molecule has 1 aromatic heterocycles. The van der Waals surface area contributed by atoms with Gasteiger partial charge in [0.2, 0.25) is 0 Å². The highest BCUT2D eigenvalue weighted by Gasteiger charge is 2.32. The molecule has 4 aromatic rings. The molecule has 2 aliphatic rings. The van der Waals surface area contributed by atoms with Crippen LogP contribution < -0.4 is 0 Å². The highest BCUT2D eigenvalue weighted by Crippen LogP contribution is 2.38. The smallest absolute Gasteiger partial charge is 0.261 e. The number of imidazole rings is 1. The van der Waals surface area contributed by atoms with Gasteiger partial charge in [-0.2, -0.15) is 0 Å². The molecule has 1 saturated carbocycles. The van der Waals surface area contributed by atoms with Crippen molar-refractivity contribution in [3.8, 4) is 11.1 Å². The van der Waals surface area contributed by atoms with E-state index in [9.17, 15) is 9.59 Å². The van der Waals surface area contributed by atoms with Gasteiger partial charge in [-0.05, 0) is 53.6 Å². The van der Waals surface area contributed by atoms with Crippen molar-refractivity contribution in [3.63, 3.8) is 0 Å². The fraction of sp³-hybridized carbons (Fsp3) is 0.250. The van der Waals surface area contributed by atoms with Crippen molar-refractivity contribution in [2.75, 3.05) is 6.54 Å². The van der Waals surface area contributed by atoms with Crippen molar-refractivity contribution in [1.29, 1.82) is 0 Å². The standard InChI is InChI=1S/C28H25N3O2/c1-2-15-30-27(32)22-10-6-9-21-20(12-13-23(26(21)22)28(30)33)18-11-14-25-24(16-18)29-17-31(25)19-7-4-3-5-8-19/h2,6,9-14,16-17,19H,1,3-5,7-8,15H2. The molecule has 5 nitrogen and oxygen atoms in total. The summed E-state index contributed by atoms with van der Waals surface area (Å²) >= 11 is 0. The number of hydrogen-bond acceptors (Lipinski definition) is 3. The van der Waals surface area contributed by atoms with Crippen molar-refractivity contribution in [1.82, 2.24) is 14.5 Å². The second-order valence-electron chi connectivity index (χ2n) is 9.05. The van der Waals surface area contributed by atoms with Crippen LogP contribution in [0.5, 0.6) is 0 Å². The summed E-state index contributed by atoms with van der Waals surface area (Å²) in [6.07, 6.45) is 9.88. The molecule has 3 aromatic carbocycles. The lowest BCUT2D eigenvalue weighted by Gasteiger charge is -2.27. The molecule has 164 valence electrons. The Kier molecular flexibility index (Phi) is 4.64. The topological polar surface area (TPSA) is 55.2 Å². The number of nitrogens with zero attached hydrogens (tertiary/aromatic N) is 3. The molecule has 0 spiro atoms. The van der Waals surface area contributed by atoms with Gasteiger partial charge >= 0.3 is 0 Å². The third-order valence-electron chi connectivity index (χ3n) is 7.16. The normalized spacial score (nSPS) is 16.7. The Morgan fingerprint density at radius 1 is 0.939 bits per heavy atom. The number of imide groups is 1. The maximum atomic E-state index is 13.0. The first-order chi connectivity index (χ1) is 16.2. The molecule has 1 aliphatic heterocycles. The van der Waals surface area contributed by atoms with E-state index >= 15 is 0 Å². The number of hydrogen-bond donors (Lipinski definition) is 0. The number of rotatable bonds is 4. The zero-order valence-corrected chi connectivity index (χ0v) is 18.5. The molecular weight excluding hydrogens is 410 g/mol. The Morgan fingerprint density at radius 3 is 2.48 bits per heavy atom. The highest BCUT2D eigenvalue weighted by molar-refractivity contribution is 6.27. The van der Waals surface area contributed by atoms with E-state index in [2.05, 4.69) is 29.3 Å². The van der Waals surface area contributed by atoms with E-state index in [-0.39, 0.29) is 18.4 Å². The SMILES string of the molecule is C=CCN1C(=O)c2cccc3c(-c4ccc5c(c4)ncn5C4CCCCC4)ccc(c23)C1=O. The van der Waals surface area contributed by atoms with Gasteiger partial charge in [-0.15, -0.1) is 6.58 Å². The minimum atomic E-state index is -0.267. The lowest BCUT2D eigenvalue weighted by Crippen LogP contribution is -2.40. The van der Waals surface area contributed by atoms with Crippen LogP contribution in [-0.4, -0.2) is 32.8 Å². The van der Waals surface area contributed by atoms with E-state index in [1.165, 1.54) is 42.5 Å². The third kappa shape index (κ3) is 3.03. The van der Waals surface area contributed by atoms with Gasteiger partial charge in [0, 0.05) is 29.1 Å². The van der Waals surface area contributed by atoms with Gasteiger partial charge in [-0.25, -0.2) is 4.98 Å². The minimum absolute atomic E-state index is 0.204. The molecule has 6 rings (SSSR count). The summed E-state index contributed by atoms with van der Waals surface area (Å²) in [7, 11) is 0. The predicted molar refractivity (Wildman–Crippen MR) is 130 cm³/mol. The molecule has 0 saturated heterocycles. The second kappa shape index (κ2) is 7.69. The van der Waals surface area contributed by atoms with Crippen molar-refractivity contribution >= 4 is 33.6 Å². The van der Waals surface area contributed by atoms with Crippen LogP contribution in [0.2, 0.25) is 0 Å². The van der Waals surface area contributed by atoms with Gasteiger partial charge in [-0.1, -0.05) is 49.6 Å². The van der Waals surface area contributed by atoms with Crippen LogP contribution in [0, 0.1) is 0 Å². The molecule has 33 heavy (non-hydrogen) atoms. The molecule has 2 heterocycles. The number of amides is 2. The van der Waals surface area contributed by atoms with E-state index in [0.29, 0.717) is 17.2 Å². The third-order valence-corrected chi connectivity index (χ3v) is 7.16. The first-order valence-corrected chi connectivity index (χ1v) is 11.7. The minimum Gasteiger partial charge on any atom is -0.327 e. The predicted octanol–water partition coefficient (Wildman–Crippen LogP) is 6.14. The molecule has 0 bridgehead atoms. The van der Waals surface area contributed by atoms with Gasteiger partial charge in [0.25, 0.3) is 11.8 Å². The lowest BCUT2D eigenvalue weighted by atomic mass is 9.89. The van der Waals surface area contributed by atoms with Crippen LogP contribution in [0.1, 0.15) is 58.9 Å². The summed E-state index contributed by atoms with van der Waals surface area (Å²) in [5.74, 6) is -0.534. The van der Waals surface area contributed by atoms with Crippen molar-refractivity contribution in [3.05, 3.63) is 78.6 Å². The number of benzene rings is 3. The summed E-state index contributed by atoms with van der Waals surface area (Å²) < 4.78 is 2.33. The molecular formula is C28H25N3O2. The first kappa shape index (κ1) is 19.9. The van der Waals surface area contributed by atoms with E-state index in [1.807, 2.05) is 30.6 Å². The number of aromatic nitrogens is 2. The average molecular weight is 436 g/mol. The van der Waals surface area contributed by atoms with Crippen LogP contribution in [-0.2, 0) is 0 Å². The molecule has 0 unspecified atom stereocenters.